The zero-order valence-corrected chi connectivity index (χ0v) is 24.1. The summed E-state index contributed by atoms with van der Waals surface area (Å²) >= 11 is 5.91. The quantitative estimate of drug-likeness (QED) is 0.414. The smallest absolute Gasteiger partial charge is 0.256 e. The summed E-state index contributed by atoms with van der Waals surface area (Å²) in [7, 11) is 0. The third kappa shape index (κ3) is 6.15. The Morgan fingerprint density at radius 1 is 1.10 bits per heavy atom. The molecule has 0 spiro atoms. The van der Waals surface area contributed by atoms with Gasteiger partial charge in [0.25, 0.3) is 5.91 Å². The van der Waals surface area contributed by atoms with Crippen LogP contribution in [0.4, 0.5) is 27.8 Å². The molecular weight excluding hydrogens is 533 g/mol. The third-order valence-corrected chi connectivity index (χ3v) is 8.07. The molecule has 1 aromatic carbocycles. The molecular formula is C28H37ClFN9O. The number of piperazine rings is 1. The zero-order chi connectivity index (χ0) is 28.2. The van der Waals surface area contributed by atoms with Gasteiger partial charge in [-0.25, -0.2) is 4.39 Å². The Kier molecular flexibility index (Phi) is 8.70. The zero-order valence-electron chi connectivity index (χ0n) is 23.3. The Hall–Kier alpha value is -3.44. The van der Waals surface area contributed by atoms with E-state index in [1.165, 1.54) is 12.1 Å². The highest BCUT2D eigenvalue weighted by molar-refractivity contribution is 6.31. The molecule has 2 aliphatic heterocycles. The lowest BCUT2D eigenvalue weighted by Crippen LogP contribution is -2.48. The van der Waals surface area contributed by atoms with Crippen molar-refractivity contribution in [3.63, 3.8) is 0 Å². The van der Waals surface area contributed by atoms with E-state index < -0.39 is 5.82 Å². The number of carbonyl (C=O) groups is 1. The highest BCUT2D eigenvalue weighted by Gasteiger charge is 2.30. The van der Waals surface area contributed by atoms with Crippen LogP contribution in [0.15, 0.2) is 30.3 Å². The van der Waals surface area contributed by atoms with Gasteiger partial charge in [0.05, 0.1) is 10.6 Å². The van der Waals surface area contributed by atoms with Crippen LogP contribution in [0, 0.1) is 12.7 Å². The number of carbonyl (C=O) groups excluding carboxylic acids is 1. The molecule has 10 nitrogen and oxygen atoms in total. The number of amides is 1. The van der Waals surface area contributed by atoms with Crippen LogP contribution in [-0.2, 0) is 0 Å². The number of hydrogen-bond donors (Lipinski definition) is 2. The summed E-state index contributed by atoms with van der Waals surface area (Å²) in [5.41, 5.74) is 0.976. The molecule has 40 heavy (non-hydrogen) atoms. The minimum Gasteiger partial charge on any atom is -0.354 e. The topological polar surface area (TPSA) is 96.5 Å². The van der Waals surface area contributed by atoms with Crippen molar-refractivity contribution in [1.29, 1.82) is 0 Å². The molecule has 5 rings (SSSR count). The highest BCUT2D eigenvalue weighted by Crippen LogP contribution is 2.28. The Morgan fingerprint density at radius 2 is 1.85 bits per heavy atom. The number of likely N-dealkylation sites (N-methyl/N-ethyl adjacent to an activating group) is 1. The largest absolute Gasteiger partial charge is 0.354 e. The fraction of sp³-hybridized carbons (Fsp3) is 0.500. The van der Waals surface area contributed by atoms with E-state index >= 15 is 0 Å². The van der Waals surface area contributed by atoms with E-state index in [-0.39, 0.29) is 22.5 Å². The summed E-state index contributed by atoms with van der Waals surface area (Å²) in [6, 6.07) is 8.62. The van der Waals surface area contributed by atoms with Crippen molar-refractivity contribution in [2.24, 2.45) is 0 Å². The van der Waals surface area contributed by atoms with Gasteiger partial charge in [-0.3, -0.25) is 9.89 Å². The Morgan fingerprint density at radius 3 is 2.50 bits per heavy atom. The molecule has 0 bridgehead atoms. The molecule has 2 aliphatic rings. The minimum absolute atomic E-state index is 0.0156. The summed E-state index contributed by atoms with van der Waals surface area (Å²) in [5, 5.41) is 10.6. The molecule has 0 aliphatic carbocycles. The molecule has 1 amide bonds. The highest BCUT2D eigenvalue weighted by atomic mass is 35.5. The molecule has 4 heterocycles. The normalized spacial score (nSPS) is 16.8. The number of benzene rings is 1. The molecule has 2 N–H and O–H groups in total. The summed E-state index contributed by atoms with van der Waals surface area (Å²) in [6.45, 7) is 12.8. The fourth-order valence-electron chi connectivity index (χ4n) is 5.47. The van der Waals surface area contributed by atoms with E-state index in [1.807, 2.05) is 19.1 Å². The van der Waals surface area contributed by atoms with Crippen molar-refractivity contribution in [2.75, 3.05) is 67.5 Å². The maximum atomic E-state index is 14.5. The van der Waals surface area contributed by atoms with Crippen LogP contribution in [0.3, 0.4) is 0 Å². The lowest BCUT2D eigenvalue weighted by atomic mass is 10.0. The van der Waals surface area contributed by atoms with Crippen LogP contribution in [0.1, 0.15) is 42.7 Å². The first kappa shape index (κ1) is 28.1. The summed E-state index contributed by atoms with van der Waals surface area (Å²) in [4.78, 5) is 31.6. The number of halogens is 2. The van der Waals surface area contributed by atoms with Crippen molar-refractivity contribution >= 4 is 40.9 Å². The Balaban J connectivity index is 1.35. The molecule has 0 unspecified atom stereocenters. The number of hydrogen-bond acceptors (Lipinski definition) is 8. The fourth-order valence-corrected chi connectivity index (χ4v) is 5.64. The first-order valence-electron chi connectivity index (χ1n) is 14.0. The van der Waals surface area contributed by atoms with E-state index in [0.717, 1.165) is 63.6 Å². The second kappa shape index (κ2) is 12.4. The van der Waals surface area contributed by atoms with Crippen LogP contribution >= 0.6 is 11.6 Å². The van der Waals surface area contributed by atoms with Crippen LogP contribution in [0.5, 0.6) is 0 Å². The van der Waals surface area contributed by atoms with Gasteiger partial charge in [0, 0.05) is 69.7 Å². The average molecular weight is 570 g/mol. The predicted molar refractivity (Wildman–Crippen MR) is 156 cm³/mol. The van der Waals surface area contributed by atoms with Gasteiger partial charge in [0.1, 0.15) is 11.6 Å². The number of rotatable bonds is 8. The number of aromatic amines is 1. The molecule has 2 fully saturated rings. The molecule has 0 radical (unpaired) electrons. The van der Waals surface area contributed by atoms with Crippen molar-refractivity contribution < 1.29 is 9.18 Å². The SMILES string of the molecule is CCN1CCN(c2cc(Nc3cc(C)[nH]n3)nc(N(CC)C3CCN(C(=O)c4cccc(Cl)c4F)CC3)n2)CC1. The van der Waals surface area contributed by atoms with Gasteiger partial charge in [-0.15, -0.1) is 0 Å². The lowest BCUT2D eigenvalue weighted by molar-refractivity contribution is 0.0707. The van der Waals surface area contributed by atoms with Crippen molar-refractivity contribution in [3.8, 4) is 0 Å². The number of likely N-dealkylation sites (tertiary alicyclic amines) is 1. The first-order valence-corrected chi connectivity index (χ1v) is 14.4. The van der Waals surface area contributed by atoms with E-state index in [9.17, 15) is 9.18 Å². The van der Waals surface area contributed by atoms with Crippen LogP contribution in [-0.4, -0.2) is 94.3 Å². The number of nitrogens with zero attached hydrogens (tertiary/aromatic N) is 7. The number of aromatic nitrogens is 4. The molecule has 214 valence electrons. The van der Waals surface area contributed by atoms with E-state index in [2.05, 4.69) is 44.1 Å². The van der Waals surface area contributed by atoms with Gasteiger partial charge in [-0.1, -0.05) is 24.6 Å². The lowest BCUT2D eigenvalue weighted by Gasteiger charge is -2.39. The molecule has 3 aromatic rings. The standard InChI is InChI=1S/C28H37ClFN9O/c1-4-36-13-15-37(16-14-36)25-18-23(31-24-17-19(3)34-35-24)32-28(33-25)39(5-2)20-9-11-38(12-10-20)27(40)21-7-6-8-22(29)26(21)30/h6-8,17-18,20H,4-5,9-16H2,1-3H3,(H2,31,32,33,34,35). The van der Waals surface area contributed by atoms with Gasteiger partial charge in [-0.2, -0.15) is 15.1 Å². The molecule has 2 saturated heterocycles. The predicted octanol–water partition coefficient (Wildman–Crippen LogP) is 4.32. The number of anilines is 4. The van der Waals surface area contributed by atoms with E-state index in [1.54, 1.807) is 11.0 Å². The van der Waals surface area contributed by atoms with Crippen LogP contribution < -0.4 is 15.1 Å². The van der Waals surface area contributed by atoms with Crippen molar-refractivity contribution in [3.05, 3.63) is 52.4 Å². The second-order valence-corrected chi connectivity index (χ2v) is 10.7. The van der Waals surface area contributed by atoms with Gasteiger partial charge < -0.3 is 24.9 Å². The maximum absolute atomic E-state index is 14.5. The first-order chi connectivity index (χ1) is 19.4. The van der Waals surface area contributed by atoms with Crippen molar-refractivity contribution in [1.82, 2.24) is 30.0 Å². The number of piperidine rings is 1. The summed E-state index contributed by atoms with van der Waals surface area (Å²) in [5.74, 6) is 1.94. The summed E-state index contributed by atoms with van der Waals surface area (Å²) in [6.07, 6.45) is 1.46. The van der Waals surface area contributed by atoms with Crippen molar-refractivity contribution in [2.45, 2.75) is 39.7 Å². The molecule has 12 heteroatoms. The third-order valence-electron chi connectivity index (χ3n) is 7.78. The number of aryl methyl sites for hydroxylation is 1. The second-order valence-electron chi connectivity index (χ2n) is 10.3. The number of nitrogens with one attached hydrogen (secondary N) is 2. The van der Waals surface area contributed by atoms with Gasteiger partial charge in [0.2, 0.25) is 5.95 Å². The van der Waals surface area contributed by atoms with Crippen LogP contribution in [0.2, 0.25) is 5.02 Å². The Bertz CT molecular complexity index is 1320. The van der Waals surface area contributed by atoms with Gasteiger partial charge >= 0.3 is 0 Å². The Labute approximate surface area is 239 Å². The van der Waals surface area contributed by atoms with Gasteiger partial charge in [0.15, 0.2) is 11.6 Å². The molecule has 2 aromatic heterocycles. The van der Waals surface area contributed by atoms with E-state index in [4.69, 9.17) is 21.6 Å². The van der Waals surface area contributed by atoms with E-state index in [0.29, 0.717) is 30.7 Å². The maximum Gasteiger partial charge on any atom is 0.256 e. The average Bonchev–Trinajstić information content (AvgIpc) is 3.39. The number of H-pyrrole nitrogens is 1. The molecule has 0 saturated carbocycles. The monoisotopic (exact) mass is 569 g/mol. The molecule has 0 atom stereocenters. The summed E-state index contributed by atoms with van der Waals surface area (Å²) < 4.78 is 14.5. The van der Waals surface area contributed by atoms with Crippen LogP contribution in [0.25, 0.3) is 0 Å². The van der Waals surface area contributed by atoms with Gasteiger partial charge in [-0.05, 0) is 45.4 Å². The minimum atomic E-state index is -0.663.